The second-order valence-electron chi connectivity index (χ2n) is 6.63. The highest BCUT2D eigenvalue weighted by atomic mass is 35.5. The van der Waals surface area contributed by atoms with E-state index in [9.17, 15) is 9.59 Å². The van der Waals surface area contributed by atoms with Gasteiger partial charge in [-0.25, -0.2) is 4.79 Å². The van der Waals surface area contributed by atoms with Crippen molar-refractivity contribution in [2.24, 2.45) is 0 Å². The normalized spacial score (nSPS) is 10.7. The highest BCUT2D eigenvalue weighted by Crippen LogP contribution is 2.35. The summed E-state index contributed by atoms with van der Waals surface area (Å²) < 4.78 is 6.11. The van der Waals surface area contributed by atoms with E-state index >= 15 is 0 Å². The van der Waals surface area contributed by atoms with Gasteiger partial charge in [0.2, 0.25) is 0 Å². The van der Waals surface area contributed by atoms with E-state index in [0.717, 1.165) is 21.3 Å². The molecule has 2 aromatic carbocycles. The van der Waals surface area contributed by atoms with Gasteiger partial charge in [0.25, 0.3) is 5.91 Å². The van der Waals surface area contributed by atoms with Crippen LogP contribution >= 0.6 is 22.9 Å². The van der Waals surface area contributed by atoms with Crippen LogP contribution in [-0.4, -0.2) is 44.5 Å². The van der Waals surface area contributed by atoms with Crippen molar-refractivity contribution in [2.75, 3.05) is 32.6 Å². The standard InChI is InChI=1S/C21H21ClN2O3S/c1-23(2)15-10-8-14(9-11-15)12-24(3)18(25)13-27-21(26)20-19(22)16-6-4-5-7-17(16)28-20/h4-11H,12-13H2,1-3H3. The predicted octanol–water partition coefficient (Wildman–Crippen LogP) is 4.44. The summed E-state index contributed by atoms with van der Waals surface area (Å²) in [6.07, 6.45) is 0. The summed E-state index contributed by atoms with van der Waals surface area (Å²) in [6, 6.07) is 15.4. The Kier molecular flexibility index (Phi) is 6.21. The van der Waals surface area contributed by atoms with Gasteiger partial charge < -0.3 is 14.5 Å². The van der Waals surface area contributed by atoms with Crippen LogP contribution in [-0.2, 0) is 16.1 Å². The molecular formula is C21H21ClN2O3S. The Bertz CT molecular complexity index is 999. The van der Waals surface area contributed by atoms with E-state index in [2.05, 4.69) is 0 Å². The lowest BCUT2D eigenvalue weighted by Gasteiger charge is -2.18. The minimum Gasteiger partial charge on any atom is -0.451 e. The van der Waals surface area contributed by atoms with Crippen molar-refractivity contribution >= 4 is 50.6 Å². The Hall–Kier alpha value is -2.57. The molecule has 1 amide bonds. The molecule has 28 heavy (non-hydrogen) atoms. The highest BCUT2D eigenvalue weighted by molar-refractivity contribution is 7.21. The molecule has 0 aliphatic carbocycles. The van der Waals surface area contributed by atoms with Gasteiger partial charge in [0.15, 0.2) is 6.61 Å². The maximum atomic E-state index is 12.4. The van der Waals surface area contributed by atoms with Crippen LogP contribution in [0.15, 0.2) is 48.5 Å². The third-order valence-electron chi connectivity index (χ3n) is 4.35. The SMILES string of the molecule is CN(Cc1ccc(N(C)C)cc1)C(=O)COC(=O)c1sc2ccccc2c1Cl. The summed E-state index contributed by atoms with van der Waals surface area (Å²) in [6.45, 7) is 0.115. The fourth-order valence-electron chi connectivity index (χ4n) is 2.71. The first-order chi connectivity index (χ1) is 13.4. The third-order valence-corrected chi connectivity index (χ3v) is 6.00. The van der Waals surface area contributed by atoms with Gasteiger partial charge in [-0.15, -0.1) is 11.3 Å². The number of benzene rings is 2. The molecule has 0 aliphatic rings. The first kappa shape index (κ1) is 20.2. The Morgan fingerprint density at radius 2 is 1.71 bits per heavy atom. The van der Waals surface area contributed by atoms with E-state index in [-0.39, 0.29) is 12.5 Å². The summed E-state index contributed by atoms with van der Waals surface area (Å²) in [5, 5.41) is 1.18. The van der Waals surface area contributed by atoms with Gasteiger partial charge in [0.05, 0.1) is 5.02 Å². The van der Waals surface area contributed by atoms with Crippen LogP contribution in [0.5, 0.6) is 0 Å². The number of ether oxygens (including phenoxy) is 1. The molecule has 1 heterocycles. The van der Waals surface area contributed by atoms with Crippen LogP contribution in [0.25, 0.3) is 10.1 Å². The molecule has 7 heteroatoms. The first-order valence-corrected chi connectivity index (χ1v) is 9.90. The topological polar surface area (TPSA) is 49.9 Å². The quantitative estimate of drug-likeness (QED) is 0.557. The molecule has 0 bridgehead atoms. The van der Waals surface area contributed by atoms with Gasteiger partial charge in [-0.05, 0) is 23.8 Å². The van der Waals surface area contributed by atoms with E-state index in [1.54, 1.807) is 7.05 Å². The minimum atomic E-state index is -0.580. The van der Waals surface area contributed by atoms with Gasteiger partial charge in [0, 0.05) is 43.5 Å². The number of carbonyl (C=O) groups is 2. The lowest BCUT2D eigenvalue weighted by atomic mass is 10.2. The maximum Gasteiger partial charge on any atom is 0.350 e. The number of fused-ring (bicyclic) bond motifs is 1. The van der Waals surface area contributed by atoms with Crippen molar-refractivity contribution in [2.45, 2.75) is 6.54 Å². The molecule has 1 aromatic heterocycles. The van der Waals surface area contributed by atoms with E-state index in [1.165, 1.54) is 16.2 Å². The minimum absolute atomic E-state index is 0.276. The number of nitrogens with zero attached hydrogens (tertiary/aromatic N) is 2. The molecule has 3 rings (SSSR count). The van der Waals surface area contributed by atoms with Crippen LogP contribution in [0.1, 0.15) is 15.2 Å². The molecule has 0 fully saturated rings. The van der Waals surface area contributed by atoms with Crippen LogP contribution in [0.2, 0.25) is 5.02 Å². The number of rotatable bonds is 6. The van der Waals surface area contributed by atoms with Gasteiger partial charge >= 0.3 is 5.97 Å². The number of carbonyl (C=O) groups excluding carboxylic acids is 2. The summed E-state index contributed by atoms with van der Waals surface area (Å²) >= 11 is 7.55. The second kappa shape index (κ2) is 8.63. The monoisotopic (exact) mass is 416 g/mol. The van der Waals surface area contributed by atoms with Crippen molar-refractivity contribution in [1.29, 1.82) is 0 Å². The van der Waals surface area contributed by atoms with E-state index < -0.39 is 5.97 Å². The number of anilines is 1. The number of likely N-dealkylation sites (N-methyl/N-ethyl adjacent to an activating group) is 1. The van der Waals surface area contributed by atoms with Gasteiger partial charge in [-0.1, -0.05) is 41.9 Å². The second-order valence-corrected chi connectivity index (χ2v) is 8.06. The van der Waals surface area contributed by atoms with E-state index in [1.807, 2.05) is 67.5 Å². The fourth-order valence-corrected chi connectivity index (χ4v) is 4.11. The highest BCUT2D eigenvalue weighted by Gasteiger charge is 2.20. The van der Waals surface area contributed by atoms with Crippen molar-refractivity contribution in [3.63, 3.8) is 0 Å². The van der Waals surface area contributed by atoms with Crippen LogP contribution in [0.3, 0.4) is 0 Å². The number of hydrogen-bond acceptors (Lipinski definition) is 5. The van der Waals surface area contributed by atoms with Crippen molar-refractivity contribution in [1.82, 2.24) is 4.90 Å². The summed E-state index contributed by atoms with van der Waals surface area (Å²) in [4.78, 5) is 28.5. The zero-order valence-corrected chi connectivity index (χ0v) is 17.5. The predicted molar refractivity (Wildman–Crippen MR) is 114 cm³/mol. The molecule has 0 aliphatic heterocycles. The molecular weight excluding hydrogens is 396 g/mol. The molecule has 0 saturated heterocycles. The zero-order chi connectivity index (χ0) is 20.3. The van der Waals surface area contributed by atoms with E-state index in [0.29, 0.717) is 16.4 Å². The molecule has 5 nitrogen and oxygen atoms in total. The molecule has 0 saturated carbocycles. The van der Waals surface area contributed by atoms with Crippen LogP contribution in [0, 0.1) is 0 Å². The summed E-state index contributed by atoms with van der Waals surface area (Å²) in [5.74, 6) is -0.856. The molecule has 0 spiro atoms. The number of thiophene rings is 1. The molecule has 0 radical (unpaired) electrons. The number of amides is 1. The Morgan fingerprint density at radius 3 is 2.36 bits per heavy atom. The number of esters is 1. The lowest BCUT2D eigenvalue weighted by Crippen LogP contribution is -2.30. The zero-order valence-electron chi connectivity index (χ0n) is 15.9. The molecule has 3 aromatic rings. The van der Waals surface area contributed by atoms with Crippen molar-refractivity contribution in [3.05, 3.63) is 64.0 Å². The van der Waals surface area contributed by atoms with Gasteiger partial charge in [-0.3, -0.25) is 4.79 Å². The molecule has 0 atom stereocenters. The average Bonchev–Trinajstić information content (AvgIpc) is 3.03. The van der Waals surface area contributed by atoms with Crippen LogP contribution in [0.4, 0.5) is 5.69 Å². The fraction of sp³-hybridized carbons (Fsp3) is 0.238. The van der Waals surface area contributed by atoms with Crippen LogP contribution < -0.4 is 4.90 Å². The summed E-state index contributed by atoms with van der Waals surface area (Å²) in [5.41, 5.74) is 2.09. The maximum absolute atomic E-state index is 12.4. The smallest absolute Gasteiger partial charge is 0.350 e. The molecule has 146 valence electrons. The van der Waals surface area contributed by atoms with Crippen molar-refractivity contribution < 1.29 is 14.3 Å². The lowest BCUT2D eigenvalue weighted by molar-refractivity contribution is -0.133. The Morgan fingerprint density at radius 1 is 1.04 bits per heavy atom. The third kappa shape index (κ3) is 4.46. The largest absolute Gasteiger partial charge is 0.451 e. The first-order valence-electron chi connectivity index (χ1n) is 8.71. The summed E-state index contributed by atoms with van der Waals surface area (Å²) in [7, 11) is 5.63. The van der Waals surface area contributed by atoms with Gasteiger partial charge in [-0.2, -0.15) is 0 Å². The van der Waals surface area contributed by atoms with Crippen molar-refractivity contribution in [3.8, 4) is 0 Å². The molecule has 0 unspecified atom stereocenters. The number of hydrogen-bond donors (Lipinski definition) is 0. The Balaban J connectivity index is 1.58. The Labute approximate surface area is 173 Å². The van der Waals surface area contributed by atoms with E-state index in [4.69, 9.17) is 16.3 Å². The van der Waals surface area contributed by atoms with Gasteiger partial charge in [0.1, 0.15) is 4.88 Å². The number of halogens is 1. The molecule has 0 N–H and O–H groups in total. The average molecular weight is 417 g/mol.